The summed E-state index contributed by atoms with van der Waals surface area (Å²) in [4.78, 5) is 0. The molecule has 0 saturated heterocycles. The van der Waals surface area contributed by atoms with Crippen LogP contribution in [0.5, 0.6) is 11.5 Å². The highest BCUT2D eigenvalue weighted by Gasteiger charge is 2.02. The summed E-state index contributed by atoms with van der Waals surface area (Å²) in [5.41, 5.74) is 7.79. The second-order valence-corrected chi connectivity index (χ2v) is 4.95. The van der Waals surface area contributed by atoms with E-state index >= 15 is 0 Å². The maximum atomic E-state index is 5.73. The van der Waals surface area contributed by atoms with Gasteiger partial charge in [-0.1, -0.05) is 28.1 Å². The van der Waals surface area contributed by atoms with Crippen molar-refractivity contribution in [3.63, 3.8) is 0 Å². The van der Waals surface area contributed by atoms with E-state index in [2.05, 4.69) is 15.9 Å². The Labute approximate surface area is 121 Å². The molecule has 0 radical (unpaired) electrons. The van der Waals surface area contributed by atoms with Gasteiger partial charge in [-0.2, -0.15) is 0 Å². The van der Waals surface area contributed by atoms with E-state index in [1.54, 1.807) is 7.11 Å². The van der Waals surface area contributed by atoms with Crippen LogP contribution in [0.15, 0.2) is 46.9 Å². The summed E-state index contributed by atoms with van der Waals surface area (Å²) in [6.45, 7) is 1.05. The van der Waals surface area contributed by atoms with E-state index < -0.39 is 0 Å². The SMILES string of the molecule is COc1ccc(OCc2ccc(CN)cc2Br)cc1. The van der Waals surface area contributed by atoms with Crippen molar-refractivity contribution in [1.82, 2.24) is 0 Å². The normalized spacial score (nSPS) is 10.3. The highest BCUT2D eigenvalue weighted by molar-refractivity contribution is 9.10. The van der Waals surface area contributed by atoms with Gasteiger partial charge in [0.25, 0.3) is 0 Å². The maximum absolute atomic E-state index is 5.73. The topological polar surface area (TPSA) is 44.5 Å². The predicted octanol–water partition coefficient (Wildman–Crippen LogP) is 3.50. The molecule has 0 aromatic heterocycles. The molecule has 19 heavy (non-hydrogen) atoms. The molecular weight excluding hydrogens is 306 g/mol. The van der Waals surface area contributed by atoms with Gasteiger partial charge in [-0.3, -0.25) is 0 Å². The van der Waals surface area contributed by atoms with Crippen LogP contribution in [-0.2, 0) is 13.2 Å². The number of benzene rings is 2. The van der Waals surface area contributed by atoms with E-state index in [-0.39, 0.29) is 0 Å². The van der Waals surface area contributed by atoms with Gasteiger partial charge >= 0.3 is 0 Å². The molecule has 2 rings (SSSR count). The van der Waals surface area contributed by atoms with Gasteiger partial charge in [0, 0.05) is 16.6 Å². The number of hydrogen-bond acceptors (Lipinski definition) is 3. The summed E-state index contributed by atoms with van der Waals surface area (Å²) >= 11 is 3.53. The third-order valence-corrected chi connectivity index (χ3v) is 3.55. The van der Waals surface area contributed by atoms with Gasteiger partial charge in [-0.25, -0.2) is 0 Å². The van der Waals surface area contributed by atoms with Crippen molar-refractivity contribution in [3.8, 4) is 11.5 Å². The summed E-state index contributed by atoms with van der Waals surface area (Å²) in [7, 11) is 1.64. The van der Waals surface area contributed by atoms with Gasteiger partial charge in [0.05, 0.1) is 7.11 Å². The van der Waals surface area contributed by atoms with E-state index in [4.69, 9.17) is 15.2 Å². The minimum Gasteiger partial charge on any atom is -0.497 e. The highest BCUT2D eigenvalue weighted by Crippen LogP contribution is 2.22. The van der Waals surface area contributed by atoms with Gasteiger partial charge in [0.2, 0.25) is 0 Å². The van der Waals surface area contributed by atoms with Crippen molar-refractivity contribution >= 4 is 15.9 Å². The van der Waals surface area contributed by atoms with Crippen LogP contribution in [-0.4, -0.2) is 7.11 Å². The Morgan fingerprint density at radius 3 is 2.32 bits per heavy atom. The first kappa shape index (κ1) is 13.9. The average Bonchev–Trinajstić information content (AvgIpc) is 2.46. The molecule has 0 atom stereocenters. The minimum absolute atomic E-state index is 0.512. The zero-order valence-corrected chi connectivity index (χ0v) is 12.3. The molecule has 0 aliphatic carbocycles. The van der Waals surface area contributed by atoms with E-state index in [0.29, 0.717) is 13.2 Å². The summed E-state index contributed by atoms with van der Waals surface area (Å²) < 4.78 is 11.8. The third kappa shape index (κ3) is 3.72. The fraction of sp³-hybridized carbons (Fsp3) is 0.200. The van der Waals surface area contributed by atoms with Crippen LogP contribution >= 0.6 is 15.9 Å². The molecule has 0 spiro atoms. The Kier molecular flexibility index (Phi) is 4.82. The molecule has 0 unspecified atom stereocenters. The van der Waals surface area contributed by atoms with Crippen molar-refractivity contribution in [2.75, 3.05) is 7.11 Å². The van der Waals surface area contributed by atoms with Crippen molar-refractivity contribution in [1.29, 1.82) is 0 Å². The number of ether oxygens (including phenoxy) is 2. The van der Waals surface area contributed by atoms with Crippen molar-refractivity contribution in [2.45, 2.75) is 13.2 Å². The molecule has 0 aliphatic heterocycles. The number of methoxy groups -OCH3 is 1. The number of rotatable bonds is 5. The fourth-order valence-electron chi connectivity index (χ4n) is 1.67. The maximum Gasteiger partial charge on any atom is 0.120 e. The lowest BCUT2D eigenvalue weighted by atomic mass is 10.1. The largest absolute Gasteiger partial charge is 0.497 e. The Balaban J connectivity index is 2.01. The van der Waals surface area contributed by atoms with Gasteiger partial charge in [0.15, 0.2) is 0 Å². The van der Waals surface area contributed by atoms with Gasteiger partial charge < -0.3 is 15.2 Å². The first-order chi connectivity index (χ1) is 9.22. The molecule has 2 N–H and O–H groups in total. The van der Waals surface area contributed by atoms with E-state index in [0.717, 1.165) is 27.1 Å². The van der Waals surface area contributed by atoms with Crippen molar-refractivity contribution in [3.05, 3.63) is 58.1 Å². The standard InChI is InChI=1S/C15H16BrNO2/c1-18-13-4-6-14(7-5-13)19-10-12-3-2-11(9-17)8-15(12)16/h2-8H,9-10,17H2,1H3. The van der Waals surface area contributed by atoms with Crippen LogP contribution in [0.25, 0.3) is 0 Å². The molecule has 0 bridgehead atoms. The molecule has 0 fully saturated rings. The monoisotopic (exact) mass is 321 g/mol. The van der Waals surface area contributed by atoms with Crippen LogP contribution in [0.2, 0.25) is 0 Å². The molecule has 0 saturated carbocycles. The first-order valence-corrected chi connectivity index (χ1v) is 6.76. The summed E-state index contributed by atoms with van der Waals surface area (Å²) in [6.07, 6.45) is 0. The van der Waals surface area contributed by atoms with Crippen LogP contribution in [0.3, 0.4) is 0 Å². The average molecular weight is 322 g/mol. The second-order valence-electron chi connectivity index (χ2n) is 4.09. The quantitative estimate of drug-likeness (QED) is 0.916. The second kappa shape index (κ2) is 6.59. The molecule has 4 heteroatoms. The Morgan fingerprint density at radius 1 is 1.05 bits per heavy atom. The van der Waals surface area contributed by atoms with Crippen molar-refractivity contribution < 1.29 is 9.47 Å². The lowest BCUT2D eigenvalue weighted by Gasteiger charge is -2.09. The molecular formula is C15H16BrNO2. The molecule has 100 valence electrons. The van der Waals surface area contributed by atoms with Gasteiger partial charge in [-0.15, -0.1) is 0 Å². The van der Waals surface area contributed by atoms with Crippen LogP contribution in [0, 0.1) is 0 Å². The highest BCUT2D eigenvalue weighted by atomic mass is 79.9. The predicted molar refractivity (Wildman–Crippen MR) is 79.4 cm³/mol. The summed E-state index contributed by atoms with van der Waals surface area (Å²) in [6, 6.07) is 13.6. The molecule has 0 aliphatic rings. The third-order valence-electron chi connectivity index (χ3n) is 2.81. The van der Waals surface area contributed by atoms with E-state index in [1.165, 1.54) is 0 Å². The fourth-order valence-corrected chi connectivity index (χ4v) is 2.21. The zero-order valence-electron chi connectivity index (χ0n) is 10.7. The minimum atomic E-state index is 0.512. The van der Waals surface area contributed by atoms with Crippen molar-refractivity contribution in [2.24, 2.45) is 5.73 Å². The van der Waals surface area contributed by atoms with Crippen LogP contribution in [0.1, 0.15) is 11.1 Å². The number of hydrogen-bond donors (Lipinski definition) is 1. The Morgan fingerprint density at radius 2 is 1.74 bits per heavy atom. The van der Waals surface area contributed by atoms with Crippen LogP contribution < -0.4 is 15.2 Å². The lowest BCUT2D eigenvalue weighted by molar-refractivity contribution is 0.304. The molecule has 3 nitrogen and oxygen atoms in total. The lowest BCUT2D eigenvalue weighted by Crippen LogP contribution is -2.00. The first-order valence-electron chi connectivity index (χ1n) is 5.97. The summed E-state index contributed by atoms with van der Waals surface area (Å²) in [5, 5.41) is 0. The molecule has 0 heterocycles. The Bertz CT molecular complexity index is 540. The van der Waals surface area contributed by atoms with Gasteiger partial charge in [0.1, 0.15) is 18.1 Å². The molecule has 2 aromatic carbocycles. The van der Waals surface area contributed by atoms with Crippen LogP contribution in [0.4, 0.5) is 0 Å². The van der Waals surface area contributed by atoms with E-state index in [1.807, 2.05) is 42.5 Å². The zero-order chi connectivity index (χ0) is 13.7. The van der Waals surface area contributed by atoms with Gasteiger partial charge in [-0.05, 0) is 35.9 Å². The number of halogens is 1. The molecule has 0 amide bonds. The number of nitrogens with two attached hydrogens (primary N) is 1. The molecule has 2 aromatic rings. The van der Waals surface area contributed by atoms with E-state index in [9.17, 15) is 0 Å². The Hall–Kier alpha value is -1.52. The summed E-state index contributed by atoms with van der Waals surface area (Å²) in [5.74, 6) is 1.64. The smallest absolute Gasteiger partial charge is 0.120 e.